The van der Waals surface area contributed by atoms with Gasteiger partial charge in [-0.25, -0.2) is 0 Å². The van der Waals surface area contributed by atoms with Crippen LogP contribution in [0.4, 0.5) is 5.13 Å². The SMILES string of the molecule is Cc1cc(Cl)ccc1OCC(=O)Nc1nnc(C2CC2)s1. The molecule has 0 saturated heterocycles. The lowest BCUT2D eigenvalue weighted by molar-refractivity contribution is -0.118. The van der Waals surface area contributed by atoms with Crippen LogP contribution in [0.25, 0.3) is 0 Å². The summed E-state index contributed by atoms with van der Waals surface area (Å²) >= 11 is 7.30. The van der Waals surface area contributed by atoms with Crippen molar-refractivity contribution in [3.8, 4) is 5.75 Å². The van der Waals surface area contributed by atoms with Crippen LogP contribution in [0, 0.1) is 6.92 Å². The van der Waals surface area contributed by atoms with Gasteiger partial charge in [0.1, 0.15) is 10.8 Å². The lowest BCUT2D eigenvalue weighted by Crippen LogP contribution is -2.20. The van der Waals surface area contributed by atoms with Crippen LogP contribution in [0.5, 0.6) is 5.75 Å². The lowest BCUT2D eigenvalue weighted by Gasteiger charge is -2.08. The van der Waals surface area contributed by atoms with E-state index in [9.17, 15) is 4.79 Å². The van der Waals surface area contributed by atoms with Gasteiger partial charge in [0.15, 0.2) is 6.61 Å². The van der Waals surface area contributed by atoms with Crippen molar-refractivity contribution in [3.63, 3.8) is 0 Å². The summed E-state index contributed by atoms with van der Waals surface area (Å²) in [7, 11) is 0. The highest BCUT2D eigenvalue weighted by Crippen LogP contribution is 2.42. The van der Waals surface area contributed by atoms with Crippen LogP contribution in [0.1, 0.15) is 29.3 Å². The van der Waals surface area contributed by atoms with Gasteiger partial charge in [0.05, 0.1) is 0 Å². The Labute approximate surface area is 131 Å². The highest BCUT2D eigenvalue weighted by molar-refractivity contribution is 7.15. The van der Waals surface area contributed by atoms with Crippen LogP contribution in [0.15, 0.2) is 18.2 Å². The molecule has 1 fully saturated rings. The van der Waals surface area contributed by atoms with Crippen LogP contribution in [0.2, 0.25) is 5.02 Å². The first kappa shape index (κ1) is 14.3. The largest absolute Gasteiger partial charge is 0.483 e. The molecule has 0 bridgehead atoms. The van der Waals surface area contributed by atoms with Crippen LogP contribution < -0.4 is 10.1 Å². The molecular formula is C14H14ClN3O2S. The molecule has 0 spiro atoms. The molecule has 1 aliphatic rings. The number of rotatable bonds is 5. The quantitative estimate of drug-likeness (QED) is 0.916. The van der Waals surface area contributed by atoms with Gasteiger partial charge in [0.25, 0.3) is 5.91 Å². The van der Waals surface area contributed by atoms with Crippen molar-refractivity contribution < 1.29 is 9.53 Å². The van der Waals surface area contributed by atoms with E-state index in [1.807, 2.05) is 6.92 Å². The number of amides is 1. The van der Waals surface area contributed by atoms with Gasteiger partial charge in [0, 0.05) is 10.9 Å². The van der Waals surface area contributed by atoms with E-state index in [0.717, 1.165) is 10.6 Å². The minimum atomic E-state index is -0.247. The molecule has 1 aliphatic carbocycles. The summed E-state index contributed by atoms with van der Waals surface area (Å²) in [5.41, 5.74) is 0.891. The van der Waals surface area contributed by atoms with E-state index in [4.69, 9.17) is 16.3 Å². The van der Waals surface area contributed by atoms with E-state index in [-0.39, 0.29) is 12.5 Å². The first-order chi connectivity index (χ1) is 10.1. The number of aryl methyl sites for hydroxylation is 1. The fourth-order valence-corrected chi connectivity index (χ4v) is 3.01. The number of hydrogen-bond donors (Lipinski definition) is 1. The van der Waals surface area contributed by atoms with Crippen molar-refractivity contribution >= 4 is 34.0 Å². The van der Waals surface area contributed by atoms with Gasteiger partial charge in [0.2, 0.25) is 5.13 Å². The molecule has 0 aliphatic heterocycles. The van der Waals surface area contributed by atoms with Crippen molar-refractivity contribution in [1.29, 1.82) is 0 Å². The van der Waals surface area contributed by atoms with Gasteiger partial charge < -0.3 is 4.74 Å². The molecule has 1 heterocycles. The van der Waals surface area contributed by atoms with Crippen molar-refractivity contribution in [2.24, 2.45) is 0 Å². The molecule has 1 aromatic carbocycles. The van der Waals surface area contributed by atoms with E-state index < -0.39 is 0 Å². The van der Waals surface area contributed by atoms with Crippen molar-refractivity contribution in [2.45, 2.75) is 25.7 Å². The number of benzene rings is 1. The van der Waals surface area contributed by atoms with E-state index in [1.54, 1.807) is 18.2 Å². The summed E-state index contributed by atoms with van der Waals surface area (Å²) in [6.45, 7) is 1.81. The maximum absolute atomic E-state index is 11.8. The Morgan fingerprint density at radius 2 is 2.29 bits per heavy atom. The fourth-order valence-electron chi connectivity index (χ4n) is 1.85. The maximum Gasteiger partial charge on any atom is 0.264 e. The summed E-state index contributed by atoms with van der Waals surface area (Å²) < 4.78 is 5.48. The maximum atomic E-state index is 11.8. The first-order valence-electron chi connectivity index (χ1n) is 6.64. The molecule has 1 saturated carbocycles. The molecule has 2 aromatic rings. The molecular weight excluding hydrogens is 310 g/mol. The van der Waals surface area contributed by atoms with Crippen molar-refractivity contribution in [1.82, 2.24) is 10.2 Å². The first-order valence-corrected chi connectivity index (χ1v) is 7.83. The van der Waals surface area contributed by atoms with Gasteiger partial charge in [-0.2, -0.15) is 0 Å². The van der Waals surface area contributed by atoms with Crippen molar-refractivity contribution in [3.05, 3.63) is 33.8 Å². The standard InChI is InChI=1S/C14H14ClN3O2S/c1-8-6-10(15)4-5-11(8)20-7-12(19)16-14-18-17-13(21-14)9-2-3-9/h4-6,9H,2-3,7H2,1H3,(H,16,18,19). The predicted molar refractivity (Wildman–Crippen MR) is 82.2 cm³/mol. The van der Waals surface area contributed by atoms with Crippen LogP contribution >= 0.6 is 22.9 Å². The summed E-state index contributed by atoms with van der Waals surface area (Å²) in [5.74, 6) is 0.939. The molecule has 110 valence electrons. The van der Waals surface area contributed by atoms with Gasteiger partial charge in [-0.15, -0.1) is 10.2 Å². The van der Waals surface area contributed by atoms with E-state index >= 15 is 0 Å². The molecule has 3 rings (SSSR count). The number of halogens is 1. The number of nitrogens with zero attached hydrogens (tertiary/aromatic N) is 2. The minimum absolute atomic E-state index is 0.0686. The summed E-state index contributed by atoms with van der Waals surface area (Å²) in [6.07, 6.45) is 2.34. The lowest BCUT2D eigenvalue weighted by atomic mass is 10.2. The predicted octanol–water partition coefficient (Wildman–Crippen LogP) is 3.39. The van der Waals surface area contributed by atoms with E-state index in [2.05, 4.69) is 15.5 Å². The number of ether oxygens (including phenoxy) is 1. The summed E-state index contributed by atoms with van der Waals surface area (Å²) in [4.78, 5) is 11.8. The number of carbonyl (C=O) groups is 1. The molecule has 1 amide bonds. The normalized spacial score (nSPS) is 14.0. The highest BCUT2D eigenvalue weighted by atomic mass is 35.5. The molecule has 5 nitrogen and oxygen atoms in total. The second-order valence-corrected chi connectivity index (χ2v) is 6.41. The second kappa shape index (κ2) is 5.99. The van der Waals surface area contributed by atoms with Crippen molar-refractivity contribution in [2.75, 3.05) is 11.9 Å². The fraction of sp³-hybridized carbons (Fsp3) is 0.357. The molecule has 7 heteroatoms. The van der Waals surface area contributed by atoms with Crippen LogP contribution in [0.3, 0.4) is 0 Å². The smallest absolute Gasteiger partial charge is 0.264 e. The van der Waals surface area contributed by atoms with Crippen LogP contribution in [-0.2, 0) is 4.79 Å². The van der Waals surface area contributed by atoms with Gasteiger partial charge in [-0.3, -0.25) is 10.1 Å². The summed E-state index contributed by atoms with van der Waals surface area (Å²) in [5, 5.41) is 12.9. The zero-order chi connectivity index (χ0) is 14.8. The number of hydrogen-bond acceptors (Lipinski definition) is 5. The van der Waals surface area contributed by atoms with Crippen LogP contribution in [-0.4, -0.2) is 22.7 Å². The summed E-state index contributed by atoms with van der Waals surface area (Å²) in [6, 6.07) is 5.27. The van der Waals surface area contributed by atoms with Gasteiger partial charge in [-0.05, 0) is 43.5 Å². The Balaban J connectivity index is 1.53. The Morgan fingerprint density at radius 3 is 3.00 bits per heavy atom. The average Bonchev–Trinajstić information content (AvgIpc) is 3.19. The average molecular weight is 324 g/mol. The number of nitrogens with one attached hydrogen (secondary N) is 1. The highest BCUT2D eigenvalue weighted by Gasteiger charge is 2.27. The topological polar surface area (TPSA) is 64.1 Å². The van der Waals surface area contributed by atoms with Gasteiger partial charge in [-0.1, -0.05) is 22.9 Å². The third kappa shape index (κ3) is 3.71. The monoisotopic (exact) mass is 323 g/mol. The molecule has 0 atom stereocenters. The zero-order valence-corrected chi connectivity index (χ0v) is 13.0. The van der Waals surface area contributed by atoms with E-state index in [1.165, 1.54) is 24.2 Å². The Bertz CT molecular complexity index is 670. The number of anilines is 1. The third-order valence-corrected chi connectivity index (χ3v) is 4.35. The molecule has 1 N–H and O–H groups in total. The second-order valence-electron chi connectivity index (χ2n) is 4.97. The Hall–Kier alpha value is -1.66. The number of aromatic nitrogens is 2. The number of carbonyl (C=O) groups excluding carboxylic acids is 1. The zero-order valence-electron chi connectivity index (χ0n) is 11.4. The molecule has 0 unspecified atom stereocenters. The molecule has 1 aromatic heterocycles. The molecule has 21 heavy (non-hydrogen) atoms. The minimum Gasteiger partial charge on any atom is -0.483 e. The molecule has 0 radical (unpaired) electrons. The Morgan fingerprint density at radius 1 is 1.48 bits per heavy atom. The Kier molecular flexibility index (Phi) is 4.07. The van der Waals surface area contributed by atoms with Gasteiger partial charge >= 0.3 is 0 Å². The van der Waals surface area contributed by atoms with E-state index in [0.29, 0.717) is 21.8 Å². The third-order valence-electron chi connectivity index (χ3n) is 3.11.